The molecule has 0 amide bonds. The zero-order valence-corrected chi connectivity index (χ0v) is 13.2. The normalized spacial score (nSPS) is 13.7. The molecule has 2 atom stereocenters. The van der Waals surface area contributed by atoms with Crippen LogP contribution in [0.1, 0.15) is 55.8 Å². The highest BCUT2D eigenvalue weighted by Crippen LogP contribution is 2.31. The van der Waals surface area contributed by atoms with Gasteiger partial charge in [-0.05, 0) is 42.0 Å². The minimum absolute atomic E-state index is 0.0518. The molecule has 2 nitrogen and oxygen atoms in total. The van der Waals surface area contributed by atoms with E-state index in [9.17, 15) is 0 Å². The molecule has 0 aliphatic rings. The number of rotatable bonds is 6. The van der Waals surface area contributed by atoms with Gasteiger partial charge in [0.15, 0.2) is 0 Å². The smallest absolute Gasteiger partial charge is 0.123 e. The van der Waals surface area contributed by atoms with Crippen LogP contribution in [0.3, 0.4) is 0 Å². The molecule has 2 rings (SSSR count). The van der Waals surface area contributed by atoms with E-state index in [0.717, 1.165) is 17.7 Å². The number of benzene rings is 2. The first-order valence-corrected chi connectivity index (χ1v) is 7.68. The zero-order chi connectivity index (χ0) is 15.2. The fourth-order valence-electron chi connectivity index (χ4n) is 2.32. The summed E-state index contributed by atoms with van der Waals surface area (Å²) in [6, 6.07) is 16.6. The Morgan fingerprint density at radius 1 is 1.05 bits per heavy atom. The molecule has 0 aliphatic heterocycles. The molecule has 2 N–H and O–H groups in total. The van der Waals surface area contributed by atoms with Crippen LogP contribution in [0, 0.1) is 0 Å². The van der Waals surface area contributed by atoms with Crippen LogP contribution in [0.5, 0.6) is 5.75 Å². The fraction of sp³-hybridized carbons (Fsp3) is 0.368. The fourth-order valence-corrected chi connectivity index (χ4v) is 2.32. The van der Waals surface area contributed by atoms with E-state index in [1.165, 1.54) is 11.1 Å². The summed E-state index contributed by atoms with van der Waals surface area (Å²) in [6.07, 6.45) is 1.09. The van der Waals surface area contributed by atoms with Crippen molar-refractivity contribution in [3.05, 3.63) is 65.2 Å². The molecule has 2 aromatic carbocycles. The number of hydrogen-bond acceptors (Lipinski definition) is 2. The molecular formula is C19H25NO. The highest BCUT2D eigenvalue weighted by atomic mass is 16.5. The predicted octanol–water partition coefficient (Wildman–Crippen LogP) is 4.80. The number of hydrogen-bond donors (Lipinski definition) is 1. The molecule has 0 heterocycles. The van der Waals surface area contributed by atoms with Crippen LogP contribution in [0.4, 0.5) is 0 Å². The SMILES string of the molecule is CCC(C)c1cc(C(C)N)ccc1OCc1ccccc1. The van der Waals surface area contributed by atoms with E-state index >= 15 is 0 Å². The molecular weight excluding hydrogens is 258 g/mol. The minimum atomic E-state index is 0.0518. The molecule has 0 aromatic heterocycles. The van der Waals surface area contributed by atoms with Crippen molar-refractivity contribution >= 4 is 0 Å². The molecule has 21 heavy (non-hydrogen) atoms. The van der Waals surface area contributed by atoms with Gasteiger partial charge in [-0.2, -0.15) is 0 Å². The van der Waals surface area contributed by atoms with Crippen LogP contribution in [0.15, 0.2) is 48.5 Å². The standard InChI is InChI=1S/C19H25NO/c1-4-14(2)18-12-17(15(3)20)10-11-19(18)21-13-16-8-6-5-7-9-16/h5-12,14-15H,4,13,20H2,1-3H3. The lowest BCUT2D eigenvalue weighted by atomic mass is 9.94. The van der Waals surface area contributed by atoms with E-state index in [1.807, 2.05) is 25.1 Å². The van der Waals surface area contributed by atoms with Crippen LogP contribution in [-0.4, -0.2) is 0 Å². The molecule has 112 valence electrons. The Morgan fingerprint density at radius 2 is 1.76 bits per heavy atom. The van der Waals surface area contributed by atoms with Crippen LogP contribution < -0.4 is 10.5 Å². The van der Waals surface area contributed by atoms with Crippen LogP contribution >= 0.6 is 0 Å². The van der Waals surface area contributed by atoms with E-state index in [0.29, 0.717) is 12.5 Å². The lowest BCUT2D eigenvalue weighted by molar-refractivity contribution is 0.301. The maximum atomic E-state index is 6.04. The Labute approximate surface area is 127 Å². The summed E-state index contributed by atoms with van der Waals surface area (Å²) in [6.45, 7) is 7.04. The Kier molecular flexibility index (Phi) is 5.40. The summed E-state index contributed by atoms with van der Waals surface area (Å²) in [7, 11) is 0. The molecule has 2 aromatic rings. The lowest BCUT2D eigenvalue weighted by Gasteiger charge is -2.18. The first-order valence-electron chi connectivity index (χ1n) is 7.68. The second-order valence-electron chi connectivity index (χ2n) is 5.67. The summed E-state index contributed by atoms with van der Waals surface area (Å²) < 4.78 is 6.04. The third kappa shape index (κ3) is 4.08. The highest BCUT2D eigenvalue weighted by molar-refractivity contribution is 5.40. The number of nitrogens with two attached hydrogens (primary N) is 1. The van der Waals surface area contributed by atoms with Gasteiger partial charge in [0.05, 0.1) is 0 Å². The van der Waals surface area contributed by atoms with Gasteiger partial charge in [0, 0.05) is 6.04 Å². The van der Waals surface area contributed by atoms with E-state index in [2.05, 4.69) is 44.2 Å². The van der Waals surface area contributed by atoms with Gasteiger partial charge in [-0.1, -0.05) is 56.3 Å². The van der Waals surface area contributed by atoms with Gasteiger partial charge in [-0.3, -0.25) is 0 Å². The quantitative estimate of drug-likeness (QED) is 0.826. The third-order valence-electron chi connectivity index (χ3n) is 3.94. The van der Waals surface area contributed by atoms with Crippen molar-refractivity contribution in [2.24, 2.45) is 5.73 Å². The molecule has 2 heteroatoms. The highest BCUT2D eigenvalue weighted by Gasteiger charge is 2.13. The maximum Gasteiger partial charge on any atom is 0.123 e. The predicted molar refractivity (Wildman–Crippen MR) is 88.5 cm³/mol. The van der Waals surface area contributed by atoms with E-state index in [4.69, 9.17) is 10.5 Å². The van der Waals surface area contributed by atoms with Gasteiger partial charge >= 0.3 is 0 Å². The van der Waals surface area contributed by atoms with Crippen molar-refractivity contribution in [2.45, 2.75) is 45.8 Å². The van der Waals surface area contributed by atoms with Gasteiger partial charge in [0.25, 0.3) is 0 Å². The average molecular weight is 283 g/mol. The summed E-state index contributed by atoms with van der Waals surface area (Å²) in [5.74, 6) is 1.44. The van der Waals surface area contributed by atoms with Gasteiger partial charge in [-0.25, -0.2) is 0 Å². The molecule has 0 radical (unpaired) electrons. The van der Waals surface area contributed by atoms with Crippen LogP contribution in [0.25, 0.3) is 0 Å². The Bertz CT molecular complexity index is 563. The summed E-state index contributed by atoms with van der Waals surface area (Å²) in [5.41, 5.74) is 9.60. The summed E-state index contributed by atoms with van der Waals surface area (Å²) in [5, 5.41) is 0. The van der Waals surface area contributed by atoms with Crippen molar-refractivity contribution in [1.29, 1.82) is 0 Å². The summed E-state index contributed by atoms with van der Waals surface area (Å²) >= 11 is 0. The first-order chi connectivity index (χ1) is 10.1. The lowest BCUT2D eigenvalue weighted by Crippen LogP contribution is -2.07. The molecule has 0 bridgehead atoms. The van der Waals surface area contributed by atoms with Gasteiger partial charge in [0.1, 0.15) is 12.4 Å². The Morgan fingerprint density at radius 3 is 2.38 bits per heavy atom. The molecule has 2 unspecified atom stereocenters. The second kappa shape index (κ2) is 7.28. The molecule has 0 fully saturated rings. The monoisotopic (exact) mass is 283 g/mol. The molecule has 0 spiro atoms. The van der Waals surface area contributed by atoms with Crippen LogP contribution in [-0.2, 0) is 6.61 Å². The molecule has 0 aliphatic carbocycles. The average Bonchev–Trinajstić information content (AvgIpc) is 2.52. The van der Waals surface area contributed by atoms with E-state index in [1.54, 1.807) is 0 Å². The van der Waals surface area contributed by atoms with Gasteiger partial charge in [-0.15, -0.1) is 0 Å². The number of ether oxygens (including phenoxy) is 1. The molecule has 0 saturated carbocycles. The zero-order valence-electron chi connectivity index (χ0n) is 13.2. The topological polar surface area (TPSA) is 35.2 Å². The summed E-state index contributed by atoms with van der Waals surface area (Å²) in [4.78, 5) is 0. The van der Waals surface area contributed by atoms with E-state index in [-0.39, 0.29) is 6.04 Å². The second-order valence-corrected chi connectivity index (χ2v) is 5.67. The molecule has 0 saturated heterocycles. The van der Waals surface area contributed by atoms with Crippen molar-refractivity contribution in [2.75, 3.05) is 0 Å². The van der Waals surface area contributed by atoms with E-state index < -0.39 is 0 Å². The van der Waals surface area contributed by atoms with Crippen molar-refractivity contribution in [1.82, 2.24) is 0 Å². The minimum Gasteiger partial charge on any atom is -0.489 e. The first kappa shape index (κ1) is 15.6. The van der Waals surface area contributed by atoms with Crippen molar-refractivity contribution in [3.8, 4) is 5.75 Å². The maximum absolute atomic E-state index is 6.04. The van der Waals surface area contributed by atoms with Gasteiger partial charge in [0.2, 0.25) is 0 Å². The largest absolute Gasteiger partial charge is 0.489 e. The van der Waals surface area contributed by atoms with Crippen molar-refractivity contribution < 1.29 is 4.74 Å². The Balaban J connectivity index is 2.21. The van der Waals surface area contributed by atoms with Gasteiger partial charge < -0.3 is 10.5 Å². The van der Waals surface area contributed by atoms with Crippen LogP contribution in [0.2, 0.25) is 0 Å². The Hall–Kier alpha value is -1.80. The third-order valence-corrected chi connectivity index (χ3v) is 3.94. The van der Waals surface area contributed by atoms with Crippen molar-refractivity contribution in [3.63, 3.8) is 0 Å².